The number of benzene rings is 2. The van der Waals surface area contributed by atoms with Crippen LogP contribution >= 0.6 is 0 Å². The molecule has 43 heavy (non-hydrogen) atoms. The summed E-state index contributed by atoms with van der Waals surface area (Å²) in [6.07, 6.45) is 5.68. The van der Waals surface area contributed by atoms with Crippen LogP contribution in [-0.4, -0.2) is 39.8 Å². The fourth-order valence-electron chi connectivity index (χ4n) is 6.03. The lowest BCUT2D eigenvalue weighted by molar-refractivity contribution is 0.0994. The summed E-state index contributed by atoms with van der Waals surface area (Å²) in [5.41, 5.74) is 12.2. The third-order valence-electron chi connectivity index (χ3n) is 8.58. The summed E-state index contributed by atoms with van der Waals surface area (Å²) in [6.45, 7) is 5.61. The number of nitrogens with one attached hydrogen (secondary N) is 2. The molecule has 2 aliphatic rings. The molecule has 0 bridgehead atoms. The zero-order valence-corrected chi connectivity index (χ0v) is 24.8. The Balaban J connectivity index is 1.23. The van der Waals surface area contributed by atoms with Crippen molar-refractivity contribution in [3.8, 4) is 11.3 Å². The molecular formula is C33H38N6O4. The highest BCUT2D eigenvalue weighted by molar-refractivity contribution is 6.03. The second kappa shape index (κ2) is 11.6. The number of carbonyl (C=O) groups excluding carboxylic acids is 1. The van der Waals surface area contributed by atoms with Gasteiger partial charge in [-0.1, -0.05) is 19.1 Å². The van der Waals surface area contributed by atoms with Crippen molar-refractivity contribution >= 4 is 34.5 Å². The highest BCUT2D eigenvalue weighted by atomic mass is 16.4. The lowest BCUT2D eigenvalue weighted by Crippen LogP contribution is -2.36. The average Bonchev–Trinajstić information content (AvgIpc) is 3.41. The molecule has 2 aromatic heterocycles. The van der Waals surface area contributed by atoms with Gasteiger partial charge in [-0.25, -0.2) is 4.98 Å². The maximum atomic E-state index is 13.1. The van der Waals surface area contributed by atoms with Gasteiger partial charge in [0.1, 0.15) is 5.76 Å². The van der Waals surface area contributed by atoms with E-state index in [1.54, 1.807) is 19.3 Å². The monoisotopic (exact) mass is 582 g/mol. The molecule has 0 spiro atoms. The fourth-order valence-corrected chi connectivity index (χ4v) is 6.03. The van der Waals surface area contributed by atoms with E-state index in [0.29, 0.717) is 47.3 Å². The molecule has 3 heterocycles. The number of furan rings is 1. The van der Waals surface area contributed by atoms with E-state index in [2.05, 4.69) is 27.4 Å². The molecule has 10 heteroatoms. The number of nitrogen functional groups attached to an aromatic ring is 1. The van der Waals surface area contributed by atoms with E-state index in [0.717, 1.165) is 60.5 Å². The van der Waals surface area contributed by atoms with Crippen molar-refractivity contribution in [1.29, 1.82) is 0 Å². The third kappa shape index (κ3) is 5.87. The molecule has 2 aromatic carbocycles. The first kappa shape index (κ1) is 28.5. The number of piperidine rings is 1. The van der Waals surface area contributed by atoms with Gasteiger partial charge in [0.15, 0.2) is 11.6 Å². The minimum Gasteiger partial charge on any atom is -0.456 e. The summed E-state index contributed by atoms with van der Waals surface area (Å²) in [7, 11) is 1.68. The number of hydrogen-bond acceptors (Lipinski definition) is 8. The Hall–Kier alpha value is -4.57. The summed E-state index contributed by atoms with van der Waals surface area (Å²) in [5.74, 6) is 1.68. The average molecular weight is 583 g/mol. The van der Waals surface area contributed by atoms with Crippen LogP contribution in [0, 0.1) is 12.8 Å². The number of aliphatic hydroxyl groups is 1. The van der Waals surface area contributed by atoms with E-state index in [1.165, 1.54) is 4.57 Å². The normalized spacial score (nSPS) is 17.0. The van der Waals surface area contributed by atoms with Gasteiger partial charge in [-0.05, 0) is 80.0 Å². The summed E-state index contributed by atoms with van der Waals surface area (Å²) in [6, 6.07) is 13.1. The van der Waals surface area contributed by atoms with E-state index in [1.807, 2.05) is 43.3 Å². The maximum absolute atomic E-state index is 13.1. The Bertz CT molecular complexity index is 1730. The van der Waals surface area contributed by atoms with Crippen molar-refractivity contribution in [2.24, 2.45) is 13.0 Å². The van der Waals surface area contributed by atoms with Crippen LogP contribution < -0.4 is 26.8 Å². The van der Waals surface area contributed by atoms with Crippen molar-refractivity contribution in [2.45, 2.75) is 52.1 Å². The van der Waals surface area contributed by atoms with E-state index in [9.17, 15) is 14.7 Å². The number of aromatic nitrogens is 2. The zero-order chi connectivity index (χ0) is 30.2. The molecule has 10 nitrogen and oxygen atoms in total. The van der Waals surface area contributed by atoms with Crippen molar-refractivity contribution < 1.29 is 14.3 Å². The number of hydrogen-bond donors (Lipinski definition) is 4. The highest BCUT2D eigenvalue weighted by Gasteiger charge is 2.23. The maximum Gasteiger partial charge on any atom is 0.293 e. The Labute approximate surface area is 250 Å². The Morgan fingerprint density at radius 3 is 2.70 bits per heavy atom. The van der Waals surface area contributed by atoms with E-state index in [4.69, 9.17) is 10.2 Å². The van der Waals surface area contributed by atoms with Crippen LogP contribution in [-0.2, 0) is 19.9 Å². The lowest BCUT2D eigenvalue weighted by Gasteiger charge is -2.32. The van der Waals surface area contributed by atoms with E-state index >= 15 is 0 Å². The van der Waals surface area contributed by atoms with Crippen LogP contribution in [0.5, 0.6) is 0 Å². The summed E-state index contributed by atoms with van der Waals surface area (Å²) in [5, 5.41) is 16.0. The van der Waals surface area contributed by atoms with Gasteiger partial charge in [0, 0.05) is 49.7 Å². The Kier molecular flexibility index (Phi) is 7.70. The SMILES string of the molecule is Cc1c(NC(=O)c2cc3c(o2)CCC(C)C3)cccc1-c1cn(C)c(=O)c(Nc2ccc(N3CCC(O)CC3)c(N)c2)n1. The number of anilines is 5. The zero-order valence-electron chi connectivity index (χ0n) is 24.8. The number of fused-ring (bicyclic) bond motifs is 1. The Morgan fingerprint density at radius 1 is 1.14 bits per heavy atom. The minimum absolute atomic E-state index is 0.164. The number of rotatable bonds is 6. The molecule has 1 atom stereocenters. The smallest absolute Gasteiger partial charge is 0.293 e. The van der Waals surface area contributed by atoms with Gasteiger partial charge in [0.05, 0.1) is 23.2 Å². The van der Waals surface area contributed by atoms with Crippen molar-refractivity contribution in [3.05, 3.63) is 81.7 Å². The van der Waals surface area contributed by atoms with Crippen LogP contribution in [0.3, 0.4) is 0 Å². The van der Waals surface area contributed by atoms with Gasteiger partial charge in [-0.15, -0.1) is 0 Å². The van der Waals surface area contributed by atoms with Crippen LogP contribution in [0.2, 0.25) is 0 Å². The molecule has 0 radical (unpaired) electrons. The van der Waals surface area contributed by atoms with Gasteiger partial charge < -0.3 is 35.4 Å². The van der Waals surface area contributed by atoms with Gasteiger partial charge in [-0.3, -0.25) is 9.59 Å². The number of nitrogens with two attached hydrogens (primary N) is 1. The first-order valence-electron chi connectivity index (χ1n) is 14.9. The molecule has 1 aliphatic carbocycles. The first-order valence-corrected chi connectivity index (χ1v) is 14.9. The predicted octanol–water partition coefficient (Wildman–Crippen LogP) is 5.01. The van der Waals surface area contributed by atoms with Gasteiger partial charge in [-0.2, -0.15) is 0 Å². The predicted molar refractivity (Wildman–Crippen MR) is 169 cm³/mol. The third-order valence-corrected chi connectivity index (χ3v) is 8.58. The first-order chi connectivity index (χ1) is 20.7. The van der Waals surface area contributed by atoms with Gasteiger partial charge >= 0.3 is 0 Å². The molecule has 5 N–H and O–H groups in total. The molecule has 0 saturated carbocycles. The van der Waals surface area contributed by atoms with E-state index in [-0.39, 0.29) is 23.4 Å². The molecule has 1 fully saturated rings. The number of nitrogens with zero attached hydrogens (tertiary/aromatic N) is 3. The summed E-state index contributed by atoms with van der Waals surface area (Å²) >= 11 is 0. The molecule has 1 unspecified atom stereocenters. The molecular weight excluding hydrogens is 544 g/mol. The second-order valence-corrected chi connectivity index (χ2v) is 11.8. The molecule has 1 amide bonds. The van der Waals surface area contributed by atoms with Crippen LogP contribution in [0.1, 0.15) is 53.6 Å². The summed E-state index contributed by atoms with van der Waals surface area (Å²) < 4.78 is 7.39. The quantitative estimate of drug-likeness (QED) is 0.233. The number of aliphatic hydroxyl groups excluding tert-OH is 1. The second-order valence-electron chi connectivity index (χ2n) is 11.8. The topological polar surface area (TPSA) is 139 Å². The van der Waals surface area contributed by atoms with Gasteiger partial charge in [0.25, 0.3) is 11.5 Å². The molecule has 1 saturated heterocycles. The fraction of sp³-hybridized carbons (Fsp3) is 0.364. The standard InChI is InChI=1S/C33H38N6O4/c1-19-7-10-29-21(15-19)16-30(43-29)32(41)37-26-6-4-5-24(20(26)2)27-18-38(3)33(42)31(36-27)35-22-8-9-28(25(34)17-22)39-13-11-23(40)12-14-39/h4-6,8-9,16-19,23,40H,7,10-15,34H2,1-3H3,(H,35,36)(H,37,41). The molecule has 4 aromatic rings. The molecule has 6 rings (SSSR count). The number of aryl methyl sites for hydroxylation is 2. The van der Waals surface area contributed by atoms with Gasteiger partial charge in [0.2, 0.25) is 0 Å². The number of amides is 1. The van der Waals surface area contributed by atoms with Crippen LogP contribution in [0.15, 0.2) is 57.9 Å². The van der Waals surface area contributed by atoms with E-state index < -0.39 is 0 Å². The highest BCUT2D eigenvalue weighted by Crippen LogP contribution is 2.32. The van der Waals surface area contributed by atoms with Crippen LogP contribution in [0.4, 0.5) is 28.6 Å². The van der Waals surface area contributed by atoms with Crippen molar-refractivity contribution in [3.63, 3.8) is 0 Å². The minimum atomic E-state index is -0.292. The Morgan fingerprint density at radius 2 is 1.93 bits per heavy atom. The molecule has 1 aliphatic heterocycles. The number of carbonyl (C=O) groups is 1. The van der Waals surface area contributed by atoms with Crippen LogP contribution in [0.25, 0.3) is 11.3 Å². The van der Waals surface area contributed by atoms with Crippen molar-refractivity contribution in [2.75, 3.05) is 34.4 Å². The lowest BCUT2D eigenvalue weighted by atomic mass is 9.89. The summed E-state index contributed by atoms with van der Waals surface area (Å²) in [4.78, 5) is 33.0. The largest absolute Gasteiger partial charge is 0.456 e. The molecule has 224 valence electrons. The van der Waals surface area contributed by atoms with Crippen molar-refractivity contribution in [1.82, 2.24) is 9.55 Å².